The number of carbonyl (C=O) groups excluding carboxylic acids is 4. The molecule has 0 radical (unpaired) electrons. The maximum Gasteiger partial charge on any atom is 0.322 e. The Morgan fingerprint density at radius 3 is 2.15 bits per heavy atom. The number of hydrogen-bond acceptors (Lipinski definition) is 8. The normalized spacial score (nSPS) is 13.3. The smallest absolute Gasteiger partial charge is 0.322 e. The second-order valence-corrected chi connectivity index (χ2v) is 8.15. The quantitative estimate of drug-likeness (QED) is 0.156. The molecule has 12 nitrogen and oxygen atoms in total. The van der Waals surface area contributed by atoms with E-state index in [4.69, 9.17) is 16.6 Å². The zero-order chi connectivity index (χ0) is 25.0. The second-order valence-electron chi connectivity index (χ2n) is 7.16. The van der Waals surface area contributed by atoms with Crippen LogP contribution in [0.2, 0.25) is 0 Å². The van der Waals surface area contributed by atoms with Gasteiger partial charge in [0, 0.05) is 6.42 Å². The monoisotopic (exact) mass is 483 g/mol. The van der Waals surface area contributed by atoms with E-state index in [2.05, 4.69) is 16.0 Å². The number of phenolic OH excluding ortho intramolecular Hbond substituents is 1. The third kappa shape index (κ3) is 10.7. The van der Waals surface area contributed by atoms with E-state index >= 15 is 0 Å². The van der Waals surface area contributed by atoms with Gasteiger partial charge in [-0.1, -0.05) is 12.1 Å². The maximum atomic E-state index is 13.0. The Balaban J connectivity index is 3.03. The Kier molecular flexibility index (Phi) is 11.7. The number of amides is 4. The molecule has 1 rings (SSSR count). The minimum atomic E-state index is -1.45. The number of carboxylic acid groups (broad SMARTS) is 1. The molecular formula is C20H29N5O7S. The summed E-state index contributed by atoms with van der Waals surface area (Å²) in [5, 5.41) is 25.1. The first-order valence-corrected chi connectivity index (χ1v) is 11.3. The number of carbonyl (C=O) groups is 5. The van der Waals surface area contributed by atoms with E-state index in [1.807, 2.05) is 6.26 Å². The van der Waals surface area contributed by atoms with Crippen molar-refractivity contribution in [2.24, 2.45) is 11.5 Å². The van der Waals surface area contributed by atoms with E-state index < -0.39 is 60.7 Å². The number of benzene rings is 1. The molecule has 182 valence electrons. The third-order valence-corrected chi connectivity index (χ3v) is 5.07. The molecule has 9 N–H and O–H groups in total. The minimum absolute atomic E-state index is 0.00681. The second kappa shape index (κ2) is 14.0. The number of primary amides is 1. The highest BCUT2D eigenvalue weighted by Gasteiger charge is 2.29. The average molecular weight is 484 g/mol. The predicted molar refractivity (Wildman–Crippen MR) is 121 cm³/mol. The first-order valence-electron chi connectivity index (χ1n) is 9.94. The zero-order valence-electron chi connectivity index (χ0n) is 18.1. The Morgan fingerprint density at radius 2 is 1.61 bits per heavy atom. The van der Waals surface area contributed by atoms with Crippen molar-refractivity contribution in [2.45, 2.75) is 37.4 Å². The molecule has 0 fully saturated rings. The van der Waals surface area contributed by atoms with Gasteiger partial charge in [0.15, 0.2) is 0 Å². The molecule has 13 heteroatoms. The summed E-state index contributed by atoms with van der Waals surface area (Å²) in [6.45, 7) is -0.720. The maximum absolute atomic E-state index is 13.0. The first kappa shape index (κ1) is 27.7. The van der Waals surface area contributed by atoms with Crippen LogP contribution in [0.1, 0.15) is 18.4 Å². The molecule has 0 aromatic heterocycles. The molecule has 0 bridgehead atoms. The molecule has 0 aliphatic heterocycles. The summed E-state index contributed by atoms with van der Waals surface area (Å²) in [5.41, 5.74) is 11.6. The fourth-order valence-electron chi connectivity index (χ4n) is 2.70. The van der Waals surface area contributed by atoms with Gasteiger partial charge in [-0.2, -0.15) is 11.8 Å². The fourth-order valence-corrected chi connectivity index (χ4v) is 3.19. The van der Waals surface area contributed by atoms with Gasteiger partial charge in [-0.25, -0.2) is 0 Å². The predicted octanol–water partition coefficient (Wildman–Crippen LogP) is -1.94. The van der Waals surface area contributed by atoms with Crippen LogP contribution < -0.4 is 27.4 Å². The van der Waals surface area contributed by atoms with Crippen LogP contribution in [-0.2, 0) is 30.4 Å². The summed E-state index contributed by atoms with van der Waals surface area (Å²) in [5.74, 6) is -3.87. The van der Waals surface area contributed by atoms with Crippen molar-refractivity contribution >= 4 is 41.4 Å². The lowest BCUT2D eigenvalue weighted by atomic mass is 10.0. The van der Waals surface area contributed by atoms with Gasteiger partial charge in [-0.3, -0.25) is 24.0 Å². The number of aliphatic carboxylic acids is 1. The van der Waals surface area contributed by atoms with Gasteiger partial charge in [0.1, 0.15) is 24.4 Å². The molecule has 33 heavy (non-hydrogen) atoms. The molecule has 3 atom stereocenters. The van der Waals surface area contributed by atoms with Gasteiger partial charge in [-0.15, -0.1) is 0 Å². The van der Waals surface area contributed by atoms with Crippen LogP contribution in [0.3, 0.4) is 0 Å². The van der Waals surface area contributed by atoms with Gasteiger partial charge in [-0.05, 0) is 36.1 Å². The molecule has 0 aliphatic rings. The Labute approximate surface area is 194 Å². The molecule has 0 aliphatic carbocycles. The summed E-state index contributed by atoms with van der Waals surface area (Å²) in [6, 6.07) is 2.43. The van der Waals surface area contributed by atoms with E-state index in [0.29, 0.717) is 17.7 Å². The van der Waals surface area contributed by atoms with E-state index in [1.165, 1.54) is 23.9 Å². The molecule has 0 saturated heterocycles. The number of phenols is 1. The lowest BCUT2D eigenvalue weighted by Crippen LogP contribution is -2.57. The number of rotatable bonds is 14. The van der Waals surface area contributed by atoms with Crippen molar-refractivity contribution in [2.75, 3.05) is 18.6 Å². The largest absolute Gasteiger partial charge is 0.508 e. The lowest BCUT2D eigenvalue weighted by Gasteiger charge is -2.24. The molecule has 1 aromatic carbocycles. The van der Waals surface area contributed by atoms with Gasteiger partial charge in [0.25, 0.3) is 0 Å². The zero-order valence-corrected chi connectivity index (χ0v) is 18.9. The minimum Gasteiger partial charge on any atom is -0.508 e. The van der Waals surface area contributed by atoms with Crippen LogP contribution in [0.15, 0.2) is 24.3 Å². The van der Waals surface area contributed by atoms with Crippen LogP contribution >= 0.6 is 11.8 Å². The Hall–Kier alpha value is -3.32. The Bertz CT molecular complexity index is 850. The Morgan fingerprint density at radius 1 is 1.00 bits per heavy atom. The highest BCUT2D eigenvalue weighted by Crippen LogP contribution is 2.12. The summed E-state index contributed by atoms with van der Waals surface area (Å²) >= 11 is 1.51. The van der Waals surface area contributed by atoms with E-state index in [9.17, 15) is 29.1 Å². The van der Waals surface area contributed by atoms with Crippen LogP contribution in [0.25, 0.3) is 0 Å². The SMILES string of the molecule is CSCCC(N)C(=O)NC(Cc1ccc(O)cc1)C(=O)NC(CC(N)=O)C(=O)NCC(=O)O. The standard InChI is InChI=1S/C20H29N5O7S/c1-33-7-6-13(21)18(30)24-14(8-11-2-4-12(26)5-3-11)20(32)25-15(9-16(22)27)19(31)23-10-17(28)29/h2-5,13-15,26H,6-10,21H2,1H3,(H2,22,27)(H,23,31)(H,24,30)(H,25,32)(H,28,29). The fraction of sp³-hybridized carbons (Fsp3) is 0.450. The topological polar surface area (TPSA) is 214 Å². The van der Waals surface area contributed by atoms with Crippen LogP contribution in [0, 0.1) is 0 Å². The molecule has 4 amide bonds. The summed E-state index contributed by atoms with van der Waals surface area (Å²) in [7, 11) is 0. The van der Waals surface area contributed by atoms with Gasteiger partial charge < -0.3 is 37.6 Å². The molecule has 0 spiro atoms. The van der Waals surface area contributed by atoms with Gasteiger partial charge in [0.2, 0.25) is 23.6 Å². The number of thioether (sulfide) groups is 1. The molecule has 0 heterocycles. The number of aromatic hydroxyl groups is 1. The van der Waals surface area contributed by atoms with Gasteiger partial charge in [0.05, 0.1) is 12.5 Å². The van der Waals surface area contributed by atoms with Crippen molar-refractivity contribution in [1.29, 1.82) is 0 Å². The molecular weight excluding hydrogens is 454 g/mol. The van der Waals surface area contributed by atoms with Crippen molar-refractivity contribution in [3.63, 3.8) is 0 Å². The summed E-state index contributed by atoms with van der Waals surface area (Å²) < 4.78 is 0. The number of hydrogen-bond donors (Lipinski definition) is 7. The van der Waals surface area contributed by atoms with E-state index in [-0.39, 0.29) is 12.2 Å². The number of carboxylic acids is 1. The van der Waals surface area contributed by atoms with Crippen LogP contribution in [0.5, 0.6) is 5.75 Å². The van der Waals surface area contributed by atoms with Crippen molar-refractivity contribution in [1.82, 2.24) is 16.0 Å². The van der Waals surface area contributed by atoms with Crippen molar-refractivity contribution < 1.29 is 34.2 Å². The average Bonchev–Trinajstić information content (AvgIpc) is 2.75. The molecule has 1 aromatic rings. The lowest BCUT2D eigenvalue weighted by molar-refractivity contribution is -0.138. The highest BCUT2D eigenvalue weighted by molar-refractivity contribution is 7.98. The summed E-state index contributed by atoms with van der Waals surface area (Å²) in [4.78, 5) is 59.8. The third-order valence-electron chi connectivity index (χ3n) is 4.43. The first-order chi connectivity index (χ1) is 15.5. The van der Waals surface area contributed by atoms with Crippen molar-refractivity contribution in [3.05, 3.63) is 29.8 Å². The molecule has 0 saturated carbocycles. The van der Waals surface area contributed by atoms with E-state index in [0.717, 1.165) is 0 Å². The van der Waals surface area contributed by atoms with E-state index in [1.54, 1.807) is 12.1 Å². The summed E-state index contributed by atoms with van der Waals surface area (Å²) in [6.07, 6.45) is 1.65. The van der Waals surface area contributed by atoms with Crippen LogP contribution in [0.4, 0.5) is 0 Å². The number of nitrogens with two attached hydrogens (primary N) is 2. The van der Waals surface area contributed by atoms with Crippen LogP contribution in [-0.4, -0.2) is 76.5 Å². The van der Waals surface area contributed by atoms with Crippen molar-refractivity contribution in [3.8, 4) is 5.75 Å². The van der Waals surface area contributed by atoms with Gasteiger partial charge >= 0.3 is 5.97 Å². The molecule has 3 unspecified atom stereocenters. The number of nitrogens with one attached hydrogen (secondary N) is 3. The highest BCUT2D eigenvalue weighted by atomic mass is 32.2.